The molecule has 1 N–H and O–H groups in total. The van der Waals surface area contributed by atoms with E-state index in [0.717, 1.165) is 36.1 Å². The van der Waals surface area contributed by atoms with Crippen molar-refractivity contribution in [2.75, 3.05) is 0 Å². The molecule has 5 nitrogen and oxygen atoms in total. The SMILES string of the molecule is CCCCc1cc(=O)n(CC(=O)NC(c2ccccc2)c2ccccc2)cn1. The Morgan fingerprint density at radius 2 is 1.64 bits per heavy atom. The molecule has 0 spiro atoms. The maximum atomic E-state index is 12.7. The van der Waals surface area contributed by atoms with E-state index in [0.29, 0.717) is 0 Å². The van der Waals surface area contributed by atoms with E-state index in [-0.39, 0.29) is 24.1 Å². The summed E-state index contributed by atoms with van der Waals surface area (Å²) in [6, 6.07) is 20.8. The van der Waals surface area contributed by atoms with Crippen molar-refractivity contribution < 1.29 is 4.79 Å². The molecule has 5 heteroatoms. The first-order valence-electron chi connectivity index (χ1n) is 9.62. The lowest BCUT2D eigenvalue weighted by Crippen LogP contribution is -2.35. The summed E-state index contributed by atoms with van der Waals surface area (Å²) in [4.78, 5) is 29.3. The minimum absolute atomic E-state index is 0.0595. The van der Waals surface area contributed by atoms with Crippen molar-refractivity contribution in [1.82, 2.24) is 14.9 Å². The number of nitrogens with one attached hydrogen (secondary N) is 1. The lowest BCUT2D eigenvalue weighted by Gasteiger charge is -2.20. The van der Waals surface area contributed by atoms with E-state index in [1.165, 1.54) is 17.0 Å². The highest BCUT2D eigenvalue weighted by Gasteiger charge is 2.17. The number of hydrogen-bond donors (Lipinski definition) is 1. The Labute approximate surface area is 165 Å². The summed E-state index contributed by atoms with van der Waals surface area (Å²) >= 11 is 0. The van der Waals surface area contributed by atoms with Gasteiger partial charge in [0.2, 0.25) is 5.91 Å². The van der Waals surface area contributed by atoms with Crippen LogP contribution in [0.5, 0.6) is 0 Å². The number of rotatable bonds is 8. The van der Waals surface area contributed by atoms with E-state index in [1.807, 2.05) is 60.7 Å². The van der Waals surface area contributed by atoms with Gasteiger partial charge >= 0.3 is 0 Å². The molecule has 1 aromatic heterocycles. The molecule has 0 aliphatic rings. The average molecular weight is 375 g/mol. The van der Waals surface area contributed by atoms with Crippen molar-refractivity contribution in [1.29, 1.82) is 0 Å². The highest BCUT2D eigenvalue weighted by molar-refractivity contribution is 5.76. The molecule has 1 amide bonds. The predicted octanol–water partition coefficient (Wildman–Crippen LogP) is 3.49. The van der Waals surface area contributed by atoms with E-state index in [9.17, 15) is 9.59 Å². The number of benzene rings is 2. The van der Waals surface area contributed by atoms with Gasteiger partial charge in [-0.25, -0.2) is 4.98 Å². The summed E-state index contributed by atoms with van der Waals surface area (Å²) in [7, 11) is 0. The molecule has 0 radical (unpaired) electrons. The quantitative estimate of drug-likeness (QED) is 0.655. The molecule has 0 saturated heterocycles. The van der Waals surface area contributed by atoms with Crippen LogP contribution in [0, 0.1) is 0 Å². The molecule has 0 saturated carbocycles. The summed E-state index contributed by atoms with van der Waals surface area (Å²) in [5, 5.41) is 3.05. The third kappa shape index (κ3) is 5.16. The Kier molecular flexibility index (Phi) is 6.73. The smallest absolute Gasteiger partial charge is 0.253 e. The van der Waals surface area contributed by atoms with Crippen LogP contribution >= 0.6 is 0 Å². The molecule has 1 heterocycles. The minimum atomic E-state index is -0.276. The van der Waals surface area contributed by atoms with Gasteiger partial charge in [-0.3, -0.25) is 14.2 Å². The fraction of sp³-hybridized carbons (Fsp3) is 0.261. The second kappa shape index (κ2) is 9.65. The van der Waals surface area contributed by atoms with Gasteiger partial charge in [0, 0.05) is 11.8 Å². The zero-order valence-corrected chi connectivity index (χ0v) is 16.0. The summed E-state index contributed by atoms with van der Waals surface area (Å²) < 4.78 is 1.35. The summed E-state index contributed by atoms with van der Waals surface area (Å²) in [6.07, 6.45) is 4.29. The summed E-state index contributed by atoms with van der Waals surface area (Å²) in [6.45, 7) is 2.04. The summed E-state index contributed by atoms with van der Waals surface area (Å²) in [5.74, 6) is -0.233. The predicted molar refractivity (Wildman–Crippen MR) is 110 cm³/mol. The monoisotopic (exact) mass is 375 g/mol. The zero-order chi connectivity index (χ0) is 19.8. The van der Waals surface area contributed by atoms with Gasteiger partial charge in [0.25, 0.3) is 5.56 Å². The lowest BCUT2D eigenvalue weighted by atomic mass is 9.99. The number of aromatic nitrogens is 2. The highest BCUT2D eigenvalue weighted by atomic mass is 16.2. The van der Waals surface area contributed by atoms with Crippen LogP contribution in [0.1, 0.15) is 42.6 Å². The molecule has 0 atom stereocenters. The zero-order valence-electron chi connectivity index (χ0n) is 16.0. The molecule has 0 bridgehead atoms. The van der Waals surface area contributed by atoms with Gasteiger partial charge in [-0.15, -0.1) is 0 Å². The molecule has 0 unspecified atom stereocenters. The van der Waals surface area contributed by atoms with Gasteiger partial charge in [-0.05, 0) is 24.0 Å². The van der Waals surface area contributed by atoms with E-state index >= 15 is 0 Å². The van der Waals surface area contributed by atoms with Crippen molar-refractivity contribution in [3.63, 3.8) is 0 Å². The Hall–Kier alpha value is -3.21. The third-order valence-electron chi connectivity index (χ3n) is 4.61. The molecule has 28 heavy (non-hydrogen) atoms. The van der Waals surface area contributed by atoms with Crippen LogP contribution in [-0.4, -0.2) is 15.5 Å². The molecule has 0 aliphatic heterocycles. The molecular formula is C23H25N3O2. The molecular weight excluding hydrogens is 350 g/mol. The fourth-order valence-electron chi connectivity index (χ4n) is 3.09. The van der Waals surface area contributed by atoms with Crippen LogP contribution < -0.4 is 10.9 Å². The average Bonchev–Trinajstić information content (AvgIpc) is 2.73. The van der Waals surface area contributed by atoms with Crippen molar-refractivity contribution in [3.05, 3.63) is 100 Å². The topological polar surface area (TPSA) is 64.0 Å². The van der Waals surface area contributed by atoms with Crippen LogP contribution in [0.3, 0.4) is 0 Å². The van der Waals surface area contributed by atoms with Gasteiger partial charge in [0.1, 0.15) is 6.54 Å². The van der Waals surface area contributed by atoms with E-state index in [2.05, 4.69) is 17.2 Å². The van der Waals surface area contributed by atoms with Crippen LogP contribution in [0.2, 0.25) is 0 Å². The Bertz CT molecular complexity index is 913. The van der Waals surface area contributed by atoms with Crippen molar-refractivity contribution in [2.45, 2.75) is 38.8 Å². The Balaban J connectivity index is 1.75. The van der Waals surface area contributed by atoms with E-state index < -0.39 is 0 Å². The van der Waals surface area contributed by atoms with Gasteiger partial charge in [-0.1, -0.05) is 74.0 Å². The second-order valence-electron chi connectivity index (χ2n) is 6.77. The van der Waals surface area contributed by atoms with Crippen LogP contribution in [0.4, 0.5) is 0 Å². The number of aryl methyl sites for hydroxylation is 1. The Morgan fingerprint density at radius 1 is 1.04 bits per heavy atom. The standard InChI is InChI=1S/C23H25N3O2/c1-2-3-14-20-15-22(28)26(17-24-20)16-21(27)25-23(18-10-6-4-7-11-18)19-12-8-5-9-13-19/h4-13,15,17,23H,2-3,14,16H2,1H3,(H,25,27). The van der Waals surface area contributed by atoms with Gasteiger partial charge in [0.05, 0.1) is 12.4 Å². The van der Waals surface area contributed by atoms with Crippen molar-refractivity contribution in [3.8, 4) is 0 Å². The van der Waals surface area contributed by atoms with Crippen LogP contribution in [0.25, 0.3) is 0 Å². The molecule has 3 aromatic rings. The highest BCUT2D eigenvalue weighted by Crippen LogP contribution is 2.21. The van der Waals surface area contributed by atoms with Crippen molar-refractivity contribution >= 4 is 5.91 Å². The normalized spacial score (nSPS) is 10.8. The molecule has 144 valence electrons. The molecule has 2 aromatic carbocycles. The van der Waals surface area contributed by atoms with E-state index in [4.69, 9.17) is 0 Å². The third-order valence-corrected chi connectivity index (χ3v) is 4.61. The molecule has 0 aliphatic carbocycles. The van der Waals surface area contributed by atoms with Crippen LogP contribution in [0.15, 0.2) is 77.9 Å². The molecule has 3 rings (SSSR count). The van der Waals surface area contributed by atoms with Crippen LogP contribution in [-0.2, 0) is 17.8 Å². The Morgan fingerprint density at radius 3 is 2.18 bits per heavy atom. The number of amides is 1. The second-order valence-corrected chi connectivity index (χ2v) is 6.77. The maximum Gasteiger partial charge on any atom is 0.253 e. The number of carbonyl (C=O) groups excluding carboxylic acids is 1. The lowest BCUT2D eigenvalue weighted by molar-refractivity contribution is -0.122. The number of nitrogens with zero attached hydrogens (tertiary/aromatic N) is 2. The number of carbonyl (C=O) groups is 1. The maximum absolute atomic E-state index is 12.7. The molecule has 0 fully saturated rings. The first kappa shape index (κ1) is 19.5. The number of unbranched alkanes of at least 4 members (excludes halogenated alkanes) is 1. The van der Waals surface area contributed by atoms with Gasteiger partial charge in [0.15, 0.2) is 0 Å². The van der Waals surface area contributed by atoms with E-state index in [1.54, 1.807) is 0 Å². The largest absolute Gasteiger partial charge is 0.344 e. The fourth-order valence-corrected chi connectivity index (χ4v) is 3.09. The summed E-state index contributed by atoms with van der Waals surface area (Å²) in [5.41, 5.74) is 2.55. The first-order valence-corrected chi connectivity index (χ1v) is 9.62. The van der Waals surface area contributed by atoms with Gasteiger partial charge < -0.3 is 5.32 Å². The first-order chi connectivity index (χ1) is 13.7. The minimum Gasteiger partial charge on any atom is -0.344 e. The van der Waals surface area contributed by atoms with Crippen molar-refractivity contribution in [2.24, 2.45) is 0 Å². The number of hydrogen-bond acceptors (Lipinski definition) is 3. The van der Waals surface area contributed by atoms with Gasteiger partial charge in [-0.2, -0.15) is 0 Å².